The van der Waals surface area contributed by atoms with Gasteiger partial charge in [-0.25, -0.2) is 0 Å². The molecule has 2 aromatic rings. The van der Waals surface area contributed by atoms with Crippen LogP contribution in [0.2, 0.25) is 0 Å². The average molecular weight is 183 g/mol. The van der Waals surface area contributed by atoms with Crippen LogP contribution in [-0.4, -0.2) is 10.2 Å². The topological polar surface area (TPSA) is 52.5 Å². The number of rotatable bonds is 1. The van der Waals surface area contributed by atoms with Gasteiger partial charge in [0.05, 0.1) is 5.69 Å². The number of aromatic nitrogens is 2. The monoisotopic (exact) mass is 183 g/mol. The van der Waals surface area contributed by atoms with Crippen LogP contribution in [0.25, 0.3) is 11.3 Å². The third-order valence-electron chi connectivity index (χ3n) is 2.02. The molecule has 3 nitrogen and oxygen atoms in total. The minimum absolute atomic E-state index is 0.418. The van der Waals surface area contributed by atoms with E-state index in [0.717, 1.165) is 11.3 Å². The number of aryl methyl sites for hydroxylation is 1. The van der Waals surface area contributed by atoms with Crippen molar-refractivity contribution in [2.24, 2.45) is 0 Å². The van der Waals surface area contributed by atoms with Crippen molar-refractivity contribution in [2.75, 3.05) is 0 Å². The number of aromatic amines is 1. The zero-order valence-corrected chi connectivity index (χ0v) is 7.78. The van der Waals surface area contributed by atoms with Crippen LogP contribution in [0.5, 0.6) is 0 Å². The molecular formula is C11H9N3. The standard InChI is InChI=1S/C11H9N3/c1-8-3-2-4-9(5-8)11-6-10(7-12)13-14-11/h2-6H,1H3,(H,13,14). The lowest BCUT2D eigenvalue weighted by molar-refractivity contribution is 1.08. The Morgan fingerprint density at radius 1 is 1.36 bits per heavy atom. The molecule has 1 heterocycles. The quantitative estimate of drug-likeness (QED) is 0.737. The molecule has 1 aromatic heterocycles. The van der Waals surface area contributed by atoms with E-state index < -0.39 is 0 Å². The van der Waals surface area contributed by atoms with Crippen molar-refractivity contribution < 1.29 is 0 Å². The van der Waals surface area contributed by atoms with Crippen LogP contribution >= 0.6 is 0 Å². The van der Waals surface area contributed by atoms with Gasteiger partial charge in [0, 0.05) is 6.07 Å². The molecule has 0 spiro atoms. The van der Waals surface area contributed by atoms with Gasteiger partial charge in [0.2, 0.25) is 0 Å². The number of benzene rings is 1. The van der Waals surface area contributed by atoms with Crippen molar-refractivity contribution >= 4 is 0 Å². The Bertz CT molecular complexity index is 491. The molecule has 0 aliphatic carbocycles. The van der Waals surface area contributed by atoms with E-state index in [1.807, 2.05) is 31.2 Å². The summed E-state index contributed by atoms with van der Waals surface area (Å²) in [6.07, 6.45) is 0. The summed E-state index contributed by atoms with van der Waals surface area (Å²) in [5.74, 6) is 0. The van der Waals surface area contributed by atoms with Gasteiger partial charge in [-0.3, -0.25) is 5.10 Å². The Morgan fingerprint density at radius 2 is 2.21 bits per heavy atom. The predicted molar refractivity (Wildman–Crippen MR) is 53.5 cm³/mol. The zero-order valence-electron chi connectivity index (χ0n) is 7.78. The summed E-state index contributed by atoms with van der Waals surface area (Å²) < 4.78 is 0. The summed E-state index contributed by atoms with van der Waals surface area (Å²) in [5, 5.41) is 15.3. The maximum atomic E-state index is 8.62. The van der Waals surface area contributed by atoms with Gasteiger partial charge in [-0.05, 0) is 18.6 Å². The highest BCUT2D eigenvalue weighted by Gasteiger charge is 2.02. The summed E-state index contributed by atoms with van der Waals surface area (Å²) in [7, 11) is 0. The number of hydrogen-bond donors (Lipinski definition) is 1. The first kappa shape index (κ1) is 8.52. The molecule has 3 heteroatoms. The first-order valence-corrected chi connectivity index (χ1v) is 4.32. The van der Waals surface area contributed by atoms with Crippen molar-refractivity contribution in [3.63, 3.8) is 0 Å². The summed E-state index contributed by atoms with van der Waals surface area (Å²) in [5.41, 5.74) is 3.54. The Morgan fingerprint density at radius 3 is 2.86 bits per heavy atom. The maximum absolute atomic E-state index is 8.62. The highest BCUT2D eigenvalue weighted by molar-refractivity contribution is 5.60. The van der Waals surface area contributed by atoms with Crippen LogP contribution in [0.4, 0.5) is 0 Å². The maximum Gasteiger partial charge on any atom is 0.162 e. The van der Waals surface area contributed by atoms with Crippen LogP contribution in [0, 0.1) is 18.3 Å². The van der Waals surface area contributed by atoms with Gasteiger partial charge < -0.3 is 0 Å². The molecule has 0 bridgehead atoms. The Kier molecular flexibility index (Phi) is 2.04. The molecule has 0 atom stereocenters. The zero-order chi connectivity index (χ0) is 9.97. The largest absolute Gasteiger partial charge is 0.277 e. The second-order valence-electron chi connectivity index (χ2n) is 3.15. The van der Waals surface area contributed by atoms with Crippen LogP contribution in [0.3, 0.4) is 0 Å². The first-order chi connectivity index (χ1) is 6.79. The number of nitrogens with zero attached hydrogens (tertiary/aromatic N) is 2. The van der Waals surface area contributed by atoms with Crippen molar-refractivity contribution in [3.8, 4) is 17.3 Å². The summed E-state index contributed by atoms with van der Waals surface area (Å²) in [4.78, 5) is 0. The third kappa shape index (κ3) is 1.50. The number of nitriles is 1. The molecule has 0 aliphatic heterocycles. The van der Waals surface area contributed by atoms with E-state index in [9.17, 15) is 0 Å². The minimum Gasteiger partial charge on any atom is -0.277 e. The van der Waals surface area contributed by atoms with Gasteiger partial charge in [0.25, 0.3) is 0 Å². The second kappa shape index (κ2) is 3.35. The van der Waals surface area contributed by atoms with Crippen LogP contribution in [-0.2, 0) is 0 Å². The second-order valence-corrected chi connectivity index (χ2v) is 3.15. The molecule has 0 unspecified atom stereocenters. The van der Waals surface area contributed by atoms with E-state index in [4.69, 9.17) is 5.26 Å². The van der Waals surface area contributed by atoms with Crippen LogP contribution in [0.1, 0.15) is 11.3 Å². The molecule has 14 heavy (non-hydrogen) atoms. The fourth-order valence-electron chi connectivity index (χ4n) is 1.34. The molecule has 0 amide bonds. The van der Waals surface area contributed by atoms with Crippen molar-refractivity contribution in [3.05, 3.63) is 41.6 Å². The van der Waals surface area contributed by atoms with Gasteiger partial charge in [0.1, 0.15) is 6.07 Å². The highest BCUT2D eigenvalue weighted by atomic mass is 15.1. The molecule has 2 rings (SSSR count). The first-order valence-electron chi connectivity index (χ1n) is 4.32. The predicted octanol–water partition coefficient (Wildman–Crippen LogP) is 2.26. The third-order valence-corrected chi connectivity index (χ3v) is 2.02. The summed E-state index contributed by atoms with van der Waals surface area (Å²) >= 11 is 0. The Hall–Kier alpha value is -2.08. The lowest BCUT2D eigenvalue weighted by Crippen LogP contribution is -1.78. The van der Waals surface area contributed by atoms with E-state index >= 15 is 0 Å². The number of hydrogen-bond acceptors (Lipinski definition) is 2. The lowest BCUT2D eigenvalue weighted by atomic mass is 10.1. The fourth-order valence-corrected chi connectivity index (χ4v) is 1.34. The van der Waals surface area contributed by atoms with Gasteiger partial charge >= 0.3 is 0 Å². The normalized spacial score (nSPS) is 9.71. The number of H-pyrrole nitrogens is 1. The van der Waals surface area contributed by atoms with Crippen molar-refractivity contribution in [2.45, 2.75) is 6.92 Å². The molecule has 0 aliphatic rings. The summed E-state index contributed by atoms with van der Waals surface area (Å²) in [6, 6.07) is 11.8. The van der Waals surface area contributed by atoms with E-state index in [2.05, 4.69) is 16.3 Å². The van der Waals surface area contributed by atoms with Gasteiger partial charge in [-0.1, -0.05) is 23.8 Å². The van der Waals surface area contributed by atoms with E-state index in [1.165, 1.54) is 5.56 Å². The van der Waals surface area contributed by atoms with Crippen molar-refractivity contribution in [1.29, 1.82) is 5.26 Å². The van der Waals surface area contributed by atoms with Gasteiger partial charge in [-0.15, -0.1) is 0 Å². The molecule has 1 aromatic carbocycles. The van der Waals surface area contributed by atoms with E-state index in [1.54, 1.807) is 6.07 Å². The Balaban J connectivity index is 2.45. The van der Waals surface area contributed by atoms with Crippen LogP contribution < -0.4 is 0 Å². The Labute approximate surface area is 82.0 Å². The highest BCUT2D eigenvalue weighted by Crippen LogP contribution is 2.18. The molecule has 0 saturated heterocycles. The van der Waals surface area contributed by atoms with E-state index in [0.29, 0.717) is 5.69 Å². The molecule has 1 N–H and O–H groups in total. The van der Waals surface area contributed by atoms with Crippen molar-refractivity contribution in [1.82, 2.24) is 10.2 Å². The molecule has 0 radical (unpaired) electrons. The fraction of sp³-hybridized carbons (Fsp3) is 0.0909. The molecule has 0 fully saturated rings. The average Bonchev–Trinajstić information content (AvgIpc) is 2.66. The lowest BCUT2D eigenvalue weighted by Gasteiger charge is -1.97. The minimum atomic E-state index is 0.418. The smallest absolute Gasteiger partial charge is 0.162 e. The molecule has 68 valence electrons. The SMILES string of the molecule is Cc1cccc(-c2cc(C#N)n[nH]2)c1. The molecule has 0 saturated carbocycles. The molecular weight excluding hydrogens is 174 g/mol. The summed E-state index contributed by atoms with van der Waals surface area (Å²) in [6.45, 7) is 2.03. The van der Waals surface area contributed by atoms with Gasteiger partial charge in [-0.2, -0.15) is 10.4 Å². The van der Waals surface area contributed by atoms with Crippen LogP contribution in [0.15, 0.2) is 30.3 Å². The number of nitrogens with one attached hydrogen (secondary N) is 1. The van der Waals surface area contributed by atoms with E-state index in [-0.39, 0.29) is 0 Å². The van der Waals surface area contributed by atoms with Gasteiger partial charge in [0.15, 0.2) is 5.69 Å².